The Morgan fingerprint density at radius 2 is 1.78 bits per heavy atom. The summed E-state index contributed by atoms with van der Waals surface area (Å²) in [6, 6.07) is 11.9. The highest BCUT2D eigenvalue weighted by Gasteiger charge is 2.37. The summed E-state index contributed by atoms with van der Waals surface area (Å²) in [6.07, 6.45) is 2.28. The lowest BCUT2D eigenvalue weighted by Crippen LogP contribution is -2.47. The number of sulfonamides is 1. The molecular formula is C23H29N3O4S2. The normalized spacial score (nSPS) is 15.7. The second-order valence-corrected chi connectivity index (χ2v) is 10.4. The predicted octanol–water partition coefficient (Wildman–Crippen LogP) is 3.03. The Kier molecular flexibility index (Phi) is 7.63. The summed E-state index contributed by atoms with van der Waals surface area (Å²) in [6.45, 7) is 6.10. The van der Waals surface area contributed by atoms with Gasteiger partial charge < -0.3 is 5.32 Å². The third kappa shape index (κ3) is 4.84. The quantitative estimate of drug-likeness (QED) is 0.593. The van der Waals surface area contributed by atoms with Crippen LogP contribution in [0, 0.1) is 0 Å². The van der Waals surface area contributed by atoms with E-state index in [9.17, 15) is 18.0 Å². The van der Waals surface area contributed by atoms with Crippen molar-refractivity contribution in [3.05, 3.63) is 53.6 Å². The van der Waals surface area contributed by atoms with E-state index in [0.29, 0.717) is 30.9 Å². The zero-order chi connectivity index (χ0) is 23.5. The Morgan fingerprint density at radius 3 is 2.34 bits per heavy atom. The van der Waals surface area contributed by atoms with Gasteiger partial charge in [-0.05, 0) is 47.7 Å². The van der Waals surface area contributed by atoms with E-state index >= 15 is 0 Å². The van der Waals surface area contributed by atoms with Gasteiger partial charge in [0.2, 0.25) is 21.8 Å². The Labute approximate surface area is 194 Å². The van der Waals surface area contributed by atoms with Crippen LogP contribution in [0.25, 0.3) is 0 Å². The third-order valence-corrected chi connectivity index (χ3v) is 8.44. The summed E-state index contributed by atoms with van der Waals surface area (Å²) in [4.78, 5) is 28.1. The van der Waals surface area contributed by atoms with Gasteiger partial charge in [0, 0.05) is 43.6 Å². The summed E-state index contributed by atoms with van der Waals surface area (Å²) >= 11 is 1.65. The predicted molar refractivity (Wildman–Crippen MR) is 127 cm³/mol. The third-order valence-electron chi connectivity index (χ3n) is 5.65. The minimum absolute atomic E-state index is 0.179. The zero-order valence-electron chi connectivity index (χ0n) is 18.8. The van der Waals surface area contributed by atoms with Crippen LogP contribution in [0.15, 0.2) is 52.3 Å². The molecule has 0 saturated heterocycles. The molecule has 172 valence electrons. The van der Waals surface area contributed by atoms with Gasteiger partial charge in [-0.2, -0.15) is 4.31 Å². The minimum Gasteiger partial charge on any atom is -0.350 e. The molecule has 7 nitrogen and oxygen atoms in total. The molecule has 0 fully saturated rings. The van der Waals surface area contributed by atoms with Crippen molar-refractivity contribution < 1.29 is 18.0 Å². The maximum absolute atomic E-state index is 13.0. The first-order chi connectivity index (χ1) is 15.2. The standard InChI is InChI=1S/C23H29N3O4S2/c1-5-25(6-2)32(29,30)20-11-12-21-18(13-20)14-22(26(21)16(3)27)23(28)24-15-17-7-9-19(31-4)10-8-17/h7-13,22H,5-6,14-15H2,1-4H3,(H,24,28)/t22-/m1/s1. The molecule has 2 aromatic rings. The number of nitrogens with zero attached hydrogens (tertiary/aromatic N) is 2. The van der Waals surface area contributed by atoms with Crippen molar-refractivity contribution in [2.24, 2.45) is 0 Å². The number of amides is 2. The molecule has 0 aliphatic carbocycles. The van der Waals surface area contributed by atoms with E-state index in [1.165, 1.54) is 22.2 Å². The second kappa shape index (κ2) is 10.1. The first kappa shape index (κ1) is 24.3. The molecule has 1 N–H and O–H groups in total. The first-order valence-electron chi connectivity index (χ1n) is 10.6. The van der Waals surface area contributed by atoms with Crippen molar-refractivity contribution in [3.8, 4) is 0 Å². The molecule has 1 heterocycles. The van der Waals surface area contributed by atoms with Crippen molar-refractivity contribution in [2.45, 2.75) is 49.6 Å². The van der Waals surface area contributed by atoms with E-state index in [2.05, 4.69) is 5.32 Å². The lowest BCUT2D eigenvalue weighted by atomic mass is 10.1. The van der Waals surface area contributed by atoms with Crippen LogP contribution in [0.4, 0.5) is 5.69 Å². The SMILES string of the molecule is CCN(CC)S(=O)(=O)c1ccc2c(c1)C[C@H](C(=O)NCc1ccc(SC)cc1)N2C(C)=O. The highest BCUT2D eigenvalue weighted by Crippen LogP contribution is 2.35. The lowest BCUT2D eigenvalue weighted by molar-refractivity contribution is -0.125. The monoisotopic (exact) mass is 475 g/mol. The molecule has 1 aliphatic rings. The van der Waals surface area contributed by atoms with Gasteiger partial charge >= 0.3 is 0 Å². The number of carbonyl (C=O) groups is 2. The molecule has 0 unspecified atom stereocenters. The second-order valence-electron chi connectivity index (χ2n) is 7.55. The van der Waals surface area contributed by atoms with Crippen molar-refractivity contribution in [2.75, 3.05) is 24.2 Å². The summed E-state index contributed by atoms with van der Waals surface area (Å²) in [5.41, 5.74) is 2.23. The molecule has 32 heavy (non-hydrogen) atoms. The van der Waals surface area contributed by atoms with Gasteiger partial charge in [0.25, 0.3) is 0 Å². The number of nitrogens with one attached hydrogen (secondary N) is 1. The molecule has 1 atom stereocenters. The number of hydrogen-bond donors (Lipinski definition) is 1. The summed E-state index contributed by atoms with van der Waals surface area (Å²) in [7, 11) is -3.62. The molecule has 3 rings (SSSR count). The smallest absolute Gasteiger partial charge is 0.243 e. The molecule has 9 heteroatoms. The molecule has 1 aliphatic heterocycles. The molecule has 0 aromatic heterocycles. The Hall–Kier alpha value is -2.36. The van der Waals surface area contributed by atoms with Crippen LogP contribution < -0.4 is 10.2 Å². The first-order valence-corrected chi connectivity index (χ1v) is 13.2. The average Bonchev–Trinajstić information content (AvgIpc) is 3.17. The molecular weight excluding hydrogens is 446 g/mol. The fourth-order valence-electron chi connectivity index (χ4n) is 3.95. The number of thioether (sulfide) groups is 1. The van der Waals surface area contributed by atoms with Crippen LogP contribution in [0.2, 0.25) is 0 Å². The largest absolute Gasteiger partial charge is 0.350 e. The highest BCUT2D eigenvalue weighted by molar-refractivity contribution is 7.98. The average molecular weight is 476 g/mol. The maximum atomic E-state index is 13.0. The molecule has 2 aromatic carbocycles. The van der Waals surface area contributed by atoms with E-state index in [0.717, 1.165) is 10.5 Å². The van der Waals surface area contributed by atoms with Crippen LogP contribution in [0.1, 0.15) is 31.9 Å². The van der Waals surface area contributed by atoms with Crippen LogP contribution in [-0.4, -0.2) is 49.9 Å². The van der Waals surface area contributed by atoms with E-state index in [1.807, 2.05) is 30.5 Å². The number of anilines is 1. The number of carbonyl (C=O) groups excluding carboxylic acids is 2. The van der Waals surface area contributed by atoms with E-state index in [4.69, 9.17) is 0 Å². The van der Waals surface area contributed by atoms with Crippen LogP contribution in [0.5, 0.6) is 0 Å². The van der Waals surface area contributed by atoms with Gasteiger partial charge in [-0.25, -0.2) is 8.42 Å². The molecule has 0 radical (unpaired) electrons. The van der Waals surface area contributed by atoms with E-state index in [1.54, 1.807) is 37.7 Å². The Bertz CT molecular complexity index is 1100. The van der Waals surface area contributed by atoms with E-state index < -0.39 is 16.1 Å². The molecule has 0 spiro atoms. The fraction of sp³-hybridized carbons (Fsp3) is 0.391. The lowest BCUT2D eigenvalue weighted by Gasteiger charge is -2.23. The topological polar surface area (TPSA) is 86.8 Å². The number of fused-ring (bicyclic) bond motifs is 1. The van der Waals surface area contributed by atoms with Crippen LogP contribution in [-0.2, 0) is 32.6 Å². The van der Waals surface area contributed by atoms with Gasteiger partial charge in [-0.1, -0.05) is 26.0 Å². The molecule has 0 saturated carbocycles. The summed E-state index contributed by atoms with van der Waals surface area (Å²) in [5, 5.41) is 2.91. The highest BCUT2D eigenvalue weighted by atomic mass is 32.2. The molecule has 0 bridgehead atoms. The Balaban J connectivity index is 1.81. The summed E-state index contributed by atoms with van der Waals surface area (Å²) < 4.78 is 27.2. The van der Waals surface area contributed by atoms with Crippen LogP contribution in [0.3, 0.4) is 0 Å². The number of benzene rings is 2. The van der Waals surface area contributed by atoms with Crippen molar-refractivity contribution in [1.82, 2.24) is 9.62 Å². The van der Waals surface area contributed by atoms with Crippen LogP contribution >= 0.6 is 11.8 Å². The van der Waals surface area contributed by atoms with Gasteiger partial charge in [0.15, 0.2) is 0 Å². The van der Waals surface area contributed by atoms with Gasteiger partial charge in [-0.15, -0.1) is 11.8 Å². The van der Waals surface area contributed by atoms with Crippen molar-refractivity contribution in [3.63, 3.8) is 0 Å². The Morgan fingerprint density at radius 1 is 1.12 bits per heavy atom. The van der Waals surface area contributed by atoms with E-state index in [-0.39, 0.29) is 23.1 Å². The fourth-order valence-corrected chi connectivity index (χ4v) is 5.87. The minimum atomic E-state index is -3.62. The van der Waals surface area contributed by atoms with Crippen molar-refractivity contribution >= 4 is 39.3 Å². The van der Waals surface area contributed by atoms with Gasteiger partial charge in [-0.3, -0.25) is 14.5 Å². The zero-order valence-corrected chi connectivity index (χ0v) is 20.4. The maximum Gasteiger partial charge on any atom is 0.243 e. The van der Waals surface area contributed by atoms with Crippen molar-refractivity contribution in [1.29, 1.82) is 0 Å². The molecule has 2 amide bonds. The summed E-state index contributed by atoms with van der Waals surface area (Å²) in [5.74, 6) is -0.522. The number of hydrogen-bond acceptors (Lipinski definition) is 5. The number of rotatable bonds is 8. The van der Waals surface area contributed by atoms with Gasteiger partial charge in [0.05, 0.1) is 4.90 Å². The van der Waals surface area contributed by atoms with Gasteiger partial charge in [0.1, 0.15) is 6.04 Å².